The minimum absolute atomic E-state index is 0.425. The molecule has 112 valence electrons. The van der Waals surface area contributed by atoms with Gasteiger partial charge < -0.3 is 14.3 Å². The number of benzene rings is 1. The van der Waals surface area contributed by atoms with E-state index in [1.54, 1.807) is 6.26 Å². The summed E-state index contributed by atoms with van der Waals surface area (Å²) in [4.78, 5) is 10.2. The van der Waals surface area contributed by atoms with E-state index in [1.807, 2.05) is 47.9 Å². The van der Waals surface area contributed by atoms with E-state index in [-0.39, 0.29) is 0 Å². The fourth-order valence-electron chi connectivity index (χ4n) is 2.70. The van der Waals surface area contributed by atoms with Crippen LogP contribution in [0.25, 0.3) is 0 Å². The Labute approximate surface area is 132 Å². The first-order chi connectivity index (χ1) is 10.9. The van der Waals surface area contributed by atoms with Crippen LogP contribution in [0.4, 0.5) is 5.69 Å². The number of aliphatic imine (C=N–C) groups is 1. The molecule has 2 N–H and O–H groups in total. The summed E-state index contributed by atoms with van der Waals surface area (Å²) in [6, 6.07) is 7.80. The minimum atomic E-state index is -0.542. The van der Waals surface area contributed by atoms with Crippen molar-refractivity contribution in [2.75, 3.05) is 6.61 Å². The Balaban J connectivity index is 1.79. The SMILES string of the molecule is C1=CSNC(C2(C3=Nc4ccccc4OC3)CC=CON2)=C1. The highest BCUT2D eigenvalue weighted by Crippen LogP contribution is 2.36. The minimum Gasteiger partial charge on any atom is -0.485 e. The third-order valence-corrected chi connectivity index (χ3v) is 4.47. The summed E-state index contributed by atoms with van der Waals surface area (Å²) in [5.74, 6) is 0.813. The highest BCUT2D eigenvalue weighted by Gasteiger charge is 2.43. The van der Waals surface area contributed by atoms with Gasteiger partial charge in [-0.2, -0.15) is 0 Å². The molecule has 3 aliphatic rings. The predicted molar refractivity (Wildman–Crippen MR) is 87.7 cm³/mol. The number of allylic oxidation sites excluding steroid dienone is 2. The predicted octanol–water partition coefficient (Wildman–Crippen LogP) is 2.98. The Morgan fingerprint density at radius 2 is 2.23 bits per heavy atom. The average Bonchev–Trinajstić information content (AvgIpc) is 2.62. The lowest BCUT2D eigenvalue weighted by Gasteiger charge is -2.39. The van der Waals surface area contributed by atoms with Gasteiger partial charge in [-0.05, 0) is 41.6 Å². The van der Waals surface area contributed by atoms with Crippen LogP contribution >= 0.6 is 11.9 Å². The molecule has 0 fully saturated rings. The lowest BCUT2D eigenvalue weighted by atomic mass is 9.85. The van der Waals surface area contributed by atoms with Crippen LogP contribution in [0, 0.1) is 0 Å². The van der Waals surface area contributed by atoms with E-state index in [0.717, 1.165) is 29.3 Å². The van der Waals surface area contributed by atoms with E-state index < -0.39 is 5.54 Å². The Morgan fingerprint density at radius 1 is 1.27 bits per heavy atom. The lowest BCUT2D eigenvalue weighted by Crippen LogP contribution is -2.58. The molecule has 1 atom stereocenters. The summed E-state index contributed by atoms with van der Waals surface area (Å²) in [5.41, 5.74) is 5.33. The second-order valence-electron chi connectivity index (χ2n) is 5.14. The Morgan fingerprint density at radius 3 is 3.05 bits per heavy atom. The lowest BCUT2D eigenvalue weighted by molar-refractivity contribution is 0.0726. The van der Waals surface area contributed by atoms with Gasteiger partial charge in [-0.3, -0.25) is 0 Å². The van der Waals surface area contributed by atoms with E-state index >= 15 is 0 Å². The number of hydroxylamine groups is 1. The standard InChI is InChI=1S/C16H15N3O2S/c1-2-6-13-12(5-1)17-15(11-20-13)16(8-4-9-21-19-16)14-7-3-10-22-18-14/h1-7,9-10,18-19H,8,11H2. The third kappa shape index (κ3) is 2.20. The molecule has 0 saturated heterocycles. The van der Waals surface area contributed by atoms with Gasteiger partial charge in [0, 0.05) is 6.42 Å². The van der Waals surface area contributed by atoms with Crippen molar-refractivity contribution < 1.29 is 9.57 Å². The van der Waals surface area contributed by atoms with E-state index in [2.05, 4.69) is 10.2 Å². The molecule has 6 heteroatoms. The van der Waals surface area contributed by atoms with Crippen molar-refractivity contribution in [3.05, 3.63) is 59.9 Å². The van der Waals surface area contributed by atoms with Crippen LogP contribution in [0.5, 0.6) is 5.75 Å². The number of nitrogens with one attached hydrogen (secondary N) is 2. The number of nitrogens with zero attached hydrogens (tertiary/aromatic N) is 1. The van der Waals surface area contributed by atoms with Crippen molar-refractivity contribution in [3.63, 3.8) is 0 Å². The van der Waals surface area contributed by atoms with E-state index in [0.29, 0.717) is 6.61 Å². The van der Waals surface area contributed by atoms with Gasteiger partial charge in [0.2, 0.25) is 0 Å². The normalized spacial score (nSPS) is 26.0. The van der Waals surface area contributed by atoms with Gasteiger partial charge in [-0.25, -0.2) is 4.99 Å². The van der Waals surface area contributed by atoms with Crippen molar-refractivity contribution in [3.8, 4) is 5.75 Å². The molecule has 0 radical (unpaired) electrons. The van der Waals surface area contributed by atoms with E-state index in [4.69, 9.17) is 14.6 Å². The zero-order valence-electron chi connectivity index (χ0n) is 11.8. The molecule has 0 amide bonds. The molecule has 3 heterocycles. The van der Waals surface area contributed by atoms with Crippen LogP contribution in [0.2, 0.25) is 0 Å². The molecule has 0 saturated carbocycles. The van der Waals surface area contributed by atoms with E-state index in [1.165, 1.54) is 11.9 Å². The summed E-state index contributed by atoms with van der Waals surface area (Å²) in [6.45, 7) is 0.425. The maximum Gasteiger partial charge on any atom is 0.145 e. The van der Waals surface area contributed by atoms with Crippen molar-refractivity contribution in [2.24, 2.45) is 4.99 Å². The van der Waals surface area contributed by atoms with Crippen LogP contribution in [0.3, 0.4) is 0 Å². The molecule has 0 bridgehead atoms. The molecule has 1 aromatic carbocycles. The van der Waals surface area contributed by atoms with E-state index in [9.17, 15) is 0 Å². The van der Waals surface area contributed by atoms with Crippen LogP contribution in [-0.2, 0) is 4.84 Å². The molecule has 5 nitrogen and oxygen atoms in total. The van der Waals surface area contributed by atoms with Crippen LogP contribution in [0.15, 0.2) is 64.9 Å². The second-order valence-corrected chi connectivity index (χ2v) is 5.86. The number of para-hydroxylation sites is 2. The molecule has 1 unspecified atom stereocenters. The fourth-order valence-corrected chi connectivity index (χ4v) is 3.29. The first-order valence-corrected chi connectivity index (χ1v) is 7.93. The van der Waals surface area contributed by atoms with Crippen molar-refractivity contribution >= 4 is 23.3 Å². The molecule has 0 aliphatic carbocycles. The van der Waals surface area contributed by atoms with Gasteiger partial charge in [-0.1, -0.05) is 18.2 Å². The summed E-state index contributed by atoms with van der Waals surface area (Å²) in [5, 5.41) is 1.99. The topological polar surface area (TPSA) is 54.9 Å². The number of hydrogen-bond acceptors (Lipinski definition) is 6. The third-order valence-electron chi connectivity index (χ3n) is 3.84. The fraction of sp³-hybridized carbons (Fsp3) is 0.188. The summed E-state index contributed by atoms with van der Waals surface area (Å²) in [7, 11) is 0. The quantitative estimate of drug-likeness (QED) is 0.822. The van der Waals surface area contributed by atoms with Crippen molar-refractivity contribution in [1.82, 2.24) is 10.2 Å². The molecule has 3 aliphatic heterocycles. The molecule has 0 spiro atoms. The number of rotatable bonds is 2. The van der Waals surface area contributed by atoms with Crippen molar-refractivity contribution in [2.45, 2.75) is 12.0 Å². The second kappa shape index (κ2) is 5.55. The molecule has 22 heavy (non-hydrogen) atoms. The van der Waals surface area contributed by atoms with Gasteiger partial charge in [0.25, 0.3) is 0 Å². The Hall–Kier alpha value is -2.18. The highest BCUT2D eigenvalue weighted by molar-refractivity contribution is 8.00. The molecule has 0 aromatic heterocycles. The largest absolute Gasteiger partial charge is 0.485 e. The molecular weight excluding hydrogens is 298 g/mol. The van der Waals surface area contributed by atoms with Gasteiger partial charge in [0.15, 0.2) is 0 Å². The number of ether oxygens (including phenoxy) is 1. The average molecular weight is 313 g/mol. The first kappa shape index (κ1) is 13.5. The number of hydrogen-bond donors (Lipinski definition) is 2. The smallest absolute Gasteiger partial charge is 0.145 e. The molecular formula is C16H15N3O2S. The maximum atomic E-state index is 5.87. The van der Waals surface area contributed by atoms with Gasteiger partial charge in [-0.15, -0.1) is 5.48 Å². The van der Waals surface area contributed by atoms with Gasteiger partial charge in [0.1, 0.15) is 29.8 Å². The maximum absolute atomic E-state index is 5.87. The summed E-state index contributed by atoms with van der Waals surface area (Å²) >= 11 is 1.53. The molecule has 1 aromatic rings. The first-order valence-electron chi connectivity index (χ1n) is 7.05. The zero-order valence-corrected chi connectivity index (χ0v) is 12.6. The highest BCUT2D eigenvalue weighted by atomic mass is 32.2. The number of fused-ring (bicyclic) bond motifs is 1. The molecule has 4 rings (SSSR count). The zero-order chi connectivity index (χ0) is 14.8. The summed E-state index contributed by atoms with van der Waals surface area (Å²) < 4.78 is 9.20. The van der Waals surface area contributed by atoms with Gasteiger partial charge in [0.05, 0.1) is 11.4 Å². The van der Waals surface area contributed by atoms with Crippen molar-refractivity contribution in [1.29, 1.82) is 0 Å². The Bertz CT molecular complexity index is 711. The van der Waals surface area contributed by atoms with Crippen LogP contribution < -0.4 is 14.9 Å². The van der Waals surface area contributed by atoms with Gasteiger partial charge >= 0.3 is 0 Å². The summed E-state index contributed by atoms with van der Waals surface area (Å²) in [6.07, 6.45) is 8.43. The monoisotopic (exact) mass is 313 g/mol. The van der Waals surface area contributed by atoms with Crippen LogP contribution in [-0.4, -0.2) is 17.9 Å². The Kier molecular flexibility index (Phi) is 3.40. The van der Waals surface area contributed by atoms with Crippen LogP contribution in [0.1, 0.15) is 6.42 Å².